The molecule has 2 unspecified atom stereocenters. The van der Waals surface area contributed by atoms with Crippen molar-refractivity contribution < 1.29 is 23.5 Å². The third-order valence-corrected chi connectivity index (χ3v) is 6.31. The van der Waals surface area contributed by atoms with Crippen LogP contribution in [0.3, 0.4) is 0 Å². The molecule has 2 aliphatic rings. The standard InChI is InChI=1S/C26H29FN4O4/c1-26(2,3)35-25(33)29-16-11-17-7-8-18(12-16)31(17)24(32)23-14-19(34-5)13-22(30-23)15-6-9-21(28-4)20(27)10-15/h6,9-10,13-14,16-18H,7-8,11-12H2,1-3,5H3,(H,29,33). The van der Waals surface area contributed by atoms with Gasteiger partial charge in [0.05, 0.1) is 19.4 Å². The minimum atomic E-state index is -0.646. The molecule has 0 radical (unpaired) electrons. The van der Waals surface area contributed by atoms with E-state index in [1.54, 1.807) is 18.2 Å². The molecule has 4 rings (SSSR count). The van der Waals surface area contributed by atoms with Gasteiger partial charge >= 0.3 is 6.09 Å². The summed E-state index contributed by atoms with van der Waals surface area (Å²) in [7, 11) is 1.49. The molecule has 184 valence electrons. The highest BCUT2D eigenvalue weighted by atomic mass is 19.1. The van der Waals surface area contributed by atoms with Gasteiger partial charge in [0.1, 0.15) is 22.9 Å². The van der Waals surface area contributed by atoms with Crippen molar-refractivity contribution in [1.29, 1.82) is 0 Å². The largest absolute Gasteiger partial charge is 0.497 e. The third kappa shape index (κ3) is 5.37. The summed E-state index contributed by atoms with van der Waals surface area (Å²) in [5.74, 6) is -0.430. The highest BCUT2D eigenvalue weighted by Crippen LogP contribution is 2.37. The van der Waals surface area contributed by atoms with E-state index in [9.17, 15) is 14.0 Å². The lowest BCUT2D eigenvalue weighted by Crippen LogP contribution is -2.53. The Morgan fingerprint density at radius 1 is 1.17 bits per heavy atom. The predicted octanol–water partition coefficient (Wildman–Crippen LogP) is 5.11. The van der Waals surface area contributed by atoms with Gasteiger partial charge in [0.2, 0.25) is 5.69 Å². The average molecular weight is 481 g/mol. The second kappa shape index (κ2) is 9.53. The zero-order valence-electron chi connectivity index (χ0n) is 20.3. The molecule has 2 fully saturated rings. The number of nitrogens with zero attached hydrogens (tertiary/aromatic N) is 3. The number of benzene rings is 1. The molecule has 35 heavy (non-hydrogen) atoms. The number of methoxy groups -OCH3 is 1. The van der Waals surface area contributed by atoms with E-state index in [1.807, 2.05) is 25.7 Å². The van der Waals surface area contributed by atoms with E-state index in [-0.39, 0.29) is 35.4 Å². The number of pyridine rings is 1. The number of hydrogen-bond acceptors (Lipinski definition) is 5. The Kier molecular flexibility index (Phi) is 6.66. The van der Waals surface area contributed by atoms with Crippen molar-refractivity contribution in [3.63, 3.8) is 0 Å². The zero-order chi connectivity index (χ0) is 25.3. The quantitative estimate of drug-likeness (QED) is 0.615. The molecular formula is C26H29FN4O4. The van der Waals surface area contributed by atoms with Crippen LogP contribution in [-0.2, 0) is 4.74 Å². The number of aromatic nitrogens is 1. The van der Waals surface area contributed by atoms with Crippen LogP contribution in [0.1, 0.15) is 56.9 Å². The Hall–Kier alpha value is -3.67. The number of fused-ring (bicyclic) bond motifs is 2. The Labute approximate surface area is 204 Å². The Balaban J connectivity index is 1.54. The van der Waals surface area contributed by atoms with Crippen molar-refractivity contribution in [1.82, 2.24) is 15.2 Å². The lowest BCUT2D eigenvalue weighted by molar-refractivity contribution is 0.0416. The van der Waals surface area contributed by atoms with Gasteiger partial charge in [0, 0.05) is 35.8 Å². The van der Waals surface area contributed by atoms with Gasteiger partial charge in [-0.2, -0.15) is 0 Å². The molecule has 2 atom stereocenters. The van der Waals surface area contributed by atoms with E-state index >= 15 is 0 Å². The van der Waals surface area contributed by atoms with E-state index in [4.69, 9.17) is 16.0 Å². The highest BCUT2D eigenvalue weighted by molar-refractivity contribution is 5.94. The van der Waals surface area contributed by atoms with Gasteiger partial charge in [-0.1, -0.05) is 12.1 Å². The van der Waals surface area contributed by atoms with Gasteiger partial charge in [0.25, 0.3) is 5.91 Å². The number of hydrogen-bond donors (Lipinski definition) is 1. The minimum absolute atomic E-state index is 0.0203. The van der Waals surface area contributed by atoms with E-state index in [0.29, 0.717) is 29.8 Å². The first kappa shape index (κ1) is 24.5. The van der Waals surface area contributed by atoms with Crippen LogP contribution in [0.25, 0.3) is 16.1 Å². The van der Waals surface area contributed by atoms with E-state index in [0.717, 1.165) is 12.8 Å². The molecule has 9 heteroatoms. The summed E-state index contributed by atoms with van der Waals surface area (Å²) in [6.07, 6.45) is 2.53. The maximum absolute atomic E-state index is 14.2. The summed E-state index contributed by atoms with van der Waals surface area (Å²) in [6, 6.07) is 7.34. The molecule has 1 N–H and O–H groups in total. The smallest absolute Gasteiger partial charge is 0.407 e. The van der Waals surface area contributed by atoms with Crippen LogP contribution in [0.2, 0.25) is 0 Å². The molecule has 2 aromatic rings. The van der Waals surface area contributed by atoms with Crippen molar-refractivity contribution >= 4 is 17.7 Å². The SMILES string of the molecule is [C-]#[N+]c1ccc(-c2cc(OC)cc(C(=O)N3C4CCC3CC(NC(=O)OC(C)(C)C)C4)n2)cc1F. The maximum atomic E-state index is 14.2. The summed E-state index contributed by atoms with van der Waals surface area (Å²) in [6.45, 7) is 12.5. The fourth-order valence-electron chi connectivity index (χ4n) is 4.87. The molecule has 0 saturated carbocycles. The van der Waals surface area contributed by atoms with Gasteiger partial charge in [-0.05, 0) is 52.5 Å². The monoisotopic (exact) mass is 480 g/mol. The van der Waals surface area contributed by atoms with Crippen molar-refractivity contribution in [2.75, 3.05) is 7.11 Å². The number of amides is 2. The van der Waals surface area contributed by atoms with Gasteiger partial charge < -0.3 is 19.7 Å². The van der Waals surface area contributed by atoms with E-state index < -0.39 is 17.5 Å². The van der Waals surface area contributed by atoms with Crippen LogP contribution in [0, 0.1) is 12.4 Å². The van der Waals surface area contributed by atoms with Crippen LogP contribution in [0.5, 0.6) is 5.75 Å². The average Bonchev–Trinajstić information content (AvgIpc) is 3.06. The third-order valence-electron chi connectivity index (χ3n) is 6.31. The topological polar surface area (TPSA) is 85.1 Å². The molecule has 0 spiro atoms. The molecule has 8 nitrogen and oxygen atoms in total. The summed E-state index contributed by atoms with van der Waals surface area (Å²) in [4.78, 5) is 35.3. The minimum Gasteiger partial charge on any atom is -0.497 e. The fraction of sp³-hybridized carbons (Fsp3) is 0.462. The molecule has 1 aromatic carbocycles. The predicted molar refractivity (Wildman–Crippen MR) is 128 cm³/mol. The number of piperidine rings is 1. The van der Waals surface area contributed by atoms with Crippen LogP contribution >= 0.6 is 0 Å². The first-order chi connectivity index (χ1) is 16.6. The number of halogens is 1. The van der Waals surface area contributed by atoms with Crippen LogP contribution < -0.4 is 10.1 Å². The normalized spacial score (nSPS) is 21.3. The molecule has 0 aliphatic carbocycles. The van der Waals surface area contributed by atoms with Crippen molar-refractivity contribution in [2.45, 2.75) is 70.2 Å². The summed E-state index contributed by atoms with van der Waals surface area (Å²) < 4.78 is 25.0. The maximum Gasteiger partial charge on any atom is 0.407 e. The van der Waals surface area contributed by atoms with Crippen molar-refractivity contribution in [3.05, 3.63) is 53.3 Å². The lowest BCUT2D eigenvalue weighted by atomic mass is 9.97. The summed E-state index contributed by atoms with van der Waals surface area (Å²) in [5, 5.41) is 2.95. The van der Waals surface area contributed by atoms with E-state index in [1.165, 1.54) is 19.2 Å². The molecule has 2 bridgehead atoms. The molecule has 2 aliphatic heterocycles. The number of alkyl carbamates (subject to hydrolysis) is 1. The van der Waals surface area contributed by atoms with Gasteiger partial charge in [0.15, 0.2) is 0 Å². The highest BCUT2D eigenvalue weighted by Gasteiger charge is 2.44. The molecular weight excluding hydrogens is 451 g/mol. The zero-order valence-corrected chi connectivity index (χ0v) is 20.3. The van der Waals surface area contributed by atoms with Crippen LogP contribution in [0.4, 0.5) is 14.9 Å². The number of ether oxygens (including phenoxy) is 2. The Morgan fingerprint density at radius 3 is 2.43 bits per heavy atom. The summed E-state index contributed by atoms with van der Waals surface area (Å²) >= 11 is 0. The lowest BCUT2D eigenvalue weighted by Gasteiger charge is -2.39. The van der Waals surface area contributed by atoms with Gasteiger partial charge in [-0.3, -0.25) is 4.79 Å². The van der Waals surface area contributed by atoms with Crippen molar-refractivity contribution in [2.24, 2.45) is 0 Å². The van der Waals surface area contributed by atoms with Crippen molar-refractivity contribution in [3.8, 4) is 17.0 Å². The molecule has 3 heterocycles. The van der Waals surface area contributed by atoms with Gasteiger partial charge in [-0.15, -0.1) is 0 Å². The molecule has 2 saturated heterocycles. The second-order valence-electron chi connectivity index (χ2n) is 9.97. The van der Waals surface area contributed by atoms with Crippen LogP contribution in [-0.4, -0.2) is 52.7 Å². The summed E-state index contributed by atoms with van der Waals surface area (Å²) in [5.41, 5.74) is 0.397. The number of nitrogens with one attached hydrogen (secondary N) is 1. The van der Waals surface area contributed by atoms with E-state index in [2.05, 4.69) is 15.1 Å². The number of carbonyl (C=O) groups excluding carboxylic acids is 2. The fourth-order valence-corrected chi connectivity index (χ4v) is 4.87. The first-order valence-electron chi connectivity index (χ1n) is 11.6. The van der Waals surface area contributed by atoms with Crippen LogP contribution in [0.15, 0.2) is 30.3 Å². The molecule has 1 aromatic heterocycles. The Morgan fingerprint density at radius 2 is 1.86 bits per heavy atom. The van der Waals surface area contributed by atoms with Gasteiger partial charge in [-0.25, -0.2) is 19.0 Å². The molecule has 2 amide bonds. The first-order valence-corrected chi connectivity index (χ1v) is 11.6. The Bertz CT molecular complexity index is 1170. The second-order valence-corrected chi connectivity index (χ2v) is 9.97. The number of carbonyl (C=O) groups is 2. The number of rotatable bonds is 4.